The summed E-state index contributed by atoms with van der Waals surface area (Å²) in [6.45, 7) is 4.13. The molecule has 0 aliphatic carbocycles. The van der Waals surface area contributed by atoms with E-state index >= 15 is 0 Å². The number of rotatable bonds is 6. The average molecular weight is 418 g/mol. The van der Waals surface area contributed by atoms with Gasteiger partial charge in [-0.05, 0) is 18.1 Å². The minimum absolute atomic E-state index is 0.122. The van der Waals surface area contributed by atoms with E-state index in [1.165, 1.54) is 31.5 Å². The number of halogens is 1. The van der Waals surface area contributed by atoms with E-state index in [2.05, 4.69) is 15.3 Å². The number of amides is 2. The monoisotopic (exact) mass is 418 g/mol. The Morgan fingerprint density at radius 3 is 2.80 bits per heavy atom. The molecule has 0 bridgehead atoms. The van der Waals surface area contributed by atoms with Crippen molar-refractivity contribution < 1.29 is 23.5 Å². The zero-order valence-corrected chi connectivity index (χ0v) is 17.6. The summed E-state index contributed by atoms with van der Waals surface area (Å²) in [7, 11) is 2.75. The quantitative estimate of drug-likeness (QED) is 0.704. The highest BCUT2D eigenvalue weighted by Gasteiger charge is 2.38. The van der Waals surface area contributed by atoms with E-state index in [9.17, 15) is 14.0 Å². The highest BCUT2D eigenvalue weighted by atomic mass is 19.1. The maximum absolute atomic E-state index is 14.9. The first-order valence-corrected chi connectivity index (χ1v) is 9.91. The largest absolute Gasteiger partial charge is 0.497 e. The number of benzene rings is 1. The number of nitrogens with zero attached hydrogens (tertiary/aromatic N) is 2. The molecule has 2 N–H and O–H groups in total. The molecular formula is C21H27FN4O4. The van der Waals surface area contributed by atoms with Crippen LogP contribution in [0.1, 0.15) is 43.3 Å². The first-order valence-electron chi connectivity index (χ1n) is 9.91. The van der Waals surface area contributed by atoms with Crippen LogP contribution in [0, 0.1) is 11.7 Å². The van der Waals surface area contributed by atoms with Crippen molar-refractivity contribution in [1.29, 1.82) is 0 Å². The summed E-state index contributed by atoms with van der Waals surface area (Å²) >= 11 is 0. The fourth-order valence-electron chi connectivity index (χ4n) is 3.68. The molecular weight excluding hydrogens is 391 g/mol. The zero-order chi connectivity index (χ0) is 21.8. The number of aromatic nitrogens is 2. The lowest BCUT2D eigenvalue weighted by atomic mass is 9.95. The molecule has 30 heavy (non-hydrogen) atoms. The van der Waals surface area contributed by atoms with Crippen LogP contribution in [-0.4, -0.2) is 53.7 Å². The maximum Gasteiger partial charge on any atom is 0.328 e. The van der Waals surface area contributed by atoms with Crippen molar-refractivity contribution in [1.82, 2.24) is 20.2 Å². The third kappa shape index (κ3) is 4.10. The van der Waals surface area contributed by atoms with E-state index in [1.807, 2.05) is 13.8 Å². The lowest BCUT2D eigenvalue weighted by Gasteiger charge is -2.36. The Balaban J connectivity index is 1.96. The van der Waals surface area contributed by atoms with Crippen LogP contribution in [0.5, 0.6) is 5.75 Å². The van der Waals surface area contributed by atoms with Gasteiger partial charge >= 0.3 is 12.0 Å². The van der Waals surface area contributed by atoms with Crippen LogP contribution < -0.4 is 10.1 Å². The molecule has 0 fully saturated rings. The van der Waals surface area contributed by atoms with Gasteiger partial charge in [0.1, 0.15) is 23.7 Å². The van der Waals surface area contributed by atoms with Crippen LogP contribution in [0.4, 0.5) is 9.18 Å². The number of H-pyrrole nitrogens is 1. The number of urea groups is 1. The van der Waals surface area contributed by atoms with Crippen LogP contribution in [0.15, 0.2) is 24.5 Å². The van der Waals surface area contributed by atoms with Gasteiger partial charge in [0.05, 0.1) is 26.2 Å². The van der Waals surface area contributed by atoms with Gasteiger partial charge in [-0.2, -0.15) is 0 Å². The van der Waals surface area contributed by atoms with E-state index in [0.29, 0.717) is 36.4 Å². The van der Waals surface area contributed by atoms with Crippen molar-refractivity contribution in [3.63, 3.8) is 0 Å². The number of hydrogen-bond donors (Lipinski definition) is 2. The molecule has 1 aromatic heterocycles. The minimum Gasteiger partial charge on any atom is -0.497 e. The Kier molecular flexibility index (Phi) is 6.59. The number of ether oxygens (including phenoxy) is 2. The number of carbonyl (C=O) groups excluding carboxylic acids is 2. The molecule has 2 aromatic rings. The summed E-state index contributed by atoms with van der Waals surface area (Å²) in [6.07, 6.45) is 2.76. The van der Waals surface area contributed by atoms with Crippen LogP contribution >= 0.6 is 0 Å². The highest BCUT2D eigenvalue weighted by Crippen LogP contribution is 2.35. The molecule has 2 heterocycles. The van der Waals surface area contributed by atoms with Gasteiger partial charge in [-0.15, -0.1) is 0 Å². The molecule has 3 rings (SSSR count). The number of fused-ring (bicyclic) bond motifs is 1. The number of aromatic amines is 1. The topological polar surface area (TPSA) is 96.5 Å². The Morgan fingerprint density at radius 2 is 2.17 bits per heavy atom. The second-order valence-electron chi connectivity index (χ2n) is 7.34. The van der Waals surface area contributed by atoms with Crippen LogP contribution in [-0.2, 0) is 16.0 Å². The normalized spacial score (nSPS) is 17.6. The van der Waals surface area contributed by atoms with Gasteiger partial charge in [-0.25, -0.2) is 19.0 Å². The van der Waals surface area contributed by atoms with Crippen molar-refractivity contribution in [3.05, 3.63) is 47.3 Å². The summed E-state index contributed by atoms with van der Waals surface area (Å²) in [5.41, 5.74) is 1.74. The average Bonchev–Trinajstić information content (AvgIpc) is 3.24. The van der Waals surface area contributed by atoms with Gasteiger partial charge in [0, 0.05) is 30.3 Å². The lowest BCUT2D eigenvalue weighted by molar-refractivity contribution is -0.144. The third-order valence-corrected chi connectivity index (χ3v) is 5.64. The van der Waals surface area contributed by atoms with Crippen molar-refractivity contribution >= 4 is 12.0 Å². The number of esters is 1. The Hall–Kier alpha value is -3.10. The first kappa shape index (κ1) is 21.6. The highest BCUT2D eigenvalue weighted by molar-refractivity contribution is 5.84. The van der Waals surface area contributed by atoms with E-state index in [1.54, 1.807) is 12.1 Å². The second kappa shape index (κ2) is 9.15. The summed E-state index contributed by atoms with van der Waals surface area (Å²) in [5, 5.41) is 2.78. The molecule has 2 amide bonds. The molecule has 0 saturated heterocycles. The summed E-state index contributed by atoms with van der Waals surface area (Å²) in [4.78, 5) is 34.4. The number of carbonyl (C=O) groups is 2. The van der Waals surface area contributed by atoms with Gasteiger partial charge in [-0.1, -0.05) is 20.3 Å². The third-order valence-electron chi connectivity index (χ3n) is 5.64. The fourth-order valence-corrected chi connectivity index (χ4v) is 3.68. The van der Waals surface area contributed by atoms with Gasteiger partial charge in [0.15, 0.2) is 0 Å². The van der Waals surface area contributed by atoms with Gasteiger partial charge in [0.2, 0.25) is 0 Å². The van der Waals surface area contributed by atoms with Crippen LogP contribution in [0.2, 0.25) is 0 Å². The fraction of sp³-hybridized carbons (Fsp3) is 0.476. The SMILES string of the molecule is CC[C@H](C)[C@H](NC(=O)N1CCc2[nH]cnc2[C@H]1c1ccc(OC)cc1F)C(=O)OC. The number of methoxy groups -OCH3 is 2. The molecule has 162 valence electrons. The van der Waals surface area contributed by atoms with E-state index in [4.69, 9.17) is 9.47 Å². The van der Waals surface area contributed by atoms with E-state index in [-0.39, 0.29) is 5.92 Å². The standard InChI is InChI=1S/C21H27FN4O4/c1-5-12(2)17(20(27)30-4)25-21(28)26-9-8-16-18(24-11-23-16)19(26)14-7-6-13(29-3)10-15(14)22/h6-7,10-12,17,19H,5,8-9H2,1-4H3,(H,23,24)(H,25,28)/t12-,17-,19+/m0/s1. The smallest absolute Gasteiger partial charge is 0.328 e. The molecule has 1 aromatic carbocycles. The summed E-state index contributed by atoms with van der Waals surface area (Å²) in [5.74, 6) is -0.752. The molecule has 0 spiro atoms. The summed E-state index contributed by atoms with van der Waals surface area (Å²) in [6, 6.07) is 2.51. The Bertz CT molecular complexity index is 916. The molecule has 8 nitrogen and oxygen atoms in total. The van der Waals surface area contributed by atoms with Gasteiger partial charge < -0.3 is 24.7 Å². The van der Waals surface area contributed by atoms with Crippen LogP contribution in [0.3, 0.4) is 0 Å². The van der Waals surface area contributed by atoms with Gasteiger partial charge in [0.25, 0.3) is 0 Å². The van der Waals surface area contributed by atoms with E-state index in [0.717, 1.165) is 5.69 Å². The van der Waals surface area contributed by atoms with Gasteiger partial charge in [-0.3, -0.25) is 0 Å². The number of nitrogens with one attached hydrogen (secondary N) is 2. The van der Waals surface area contributed by atoms with Crippen molar-refractivity contribution in [2.24, 2.45) is 5.92 Å². The molecule has 3 atom stereocenters. The molecule has 1 aliphatic heterocycles. The molecule has 0 saturated carbocycles. The summed E-state index contributed by atoms with van der Waals surface area (Å²) < 4.78 is 24.9. The minimum atomic E-state index is -0.797. The second-order valence-corrected chi connectivity index (χ2v) is 7.34. The maximum atomic E-state index is 14.9. The lowest BCUT2D eigenvalue weighted by Crippen LogP contribution is -2.53. The predicted molar refractivity (Wildman–Crippen MR) is 108 cm³/mol. The number of hydrogen-bond acceptors (Lipinski definition) is 5. The number of imidazole rings is 1. The predicted octanol–water partition coefficient (Wildman–Crippen LogP) is 2.80. The van der Waals surface area contributed by atoms with Crippen molar-refractivity contribution in [3.8, 4) is 5.75 Å². The van der Waals surface area contributed by atoms with Crippen molar-refractivity contribution in [2.75, 3.05) is 20.8 Å². The molecule has 9 heteroatoms. The molecule has 1 aliphatic rings. The molecule has 0 radical (unpaired) electrons. The molecule has 0 unspecified atom stereocenters. The van der Waals surface area contributed by atoms with Crippen LogP contribution in [0.25, 0.3) is 0 Å². The van der Waals surface area contributed by atoms with E-state index < -0.39 is 29.9 Å². The Morgan fingerprint density at radius 1 is 1.40 bits per heavy atom. The first-order chi connectivity index (χ1) is 14.4. The Labute approximate surface area is 174 Å². The van der Waals surface area contributed by atoms with Crippen molar-refractivity contribution in [2.45, 2.75) is 38.8 Å². The zero-order valence-electron chi connectivity index (χ0n) is 17.6.